The van der Waals surface area contributed by atoms with Crippen LogP contribution in [0, 0.1) is 5.92 Å². The van der Waals surface area contributed by atoms with Crippen molar-refractivity contribution in [1.82, 2.24) is 10.6 Å². The number of aliphatic imine (C=N–C) groups is 1. The second kappa shape index (κ2) is 10.6. The predicted octanol–water partition coefficient (Wildman–Crippen LogP) is 4.19. The van der Waals surface area contributed by atoms with Crippen molar-refractivity contribution < 1.29 is 4.79 Å². The fourth-order valence-electron chi connectivity index (χ4n) is 2.57. The van der Waals surface area contributed by atoms with Crippen molar-refractivity contribution in [3.8, 4) is 0 Å². The Morgan fingerprint density at radius 3 is 2.52 bits per heavy atom. The van der Waals surface area contributed by atoms with Gasteiger partial charge >= 0.3 is 0 Å². The maximum atomic E-state index is 11.9. The molecule has 1 amide bonds. The third-order valence-corrected chi connectivity index (χ3v) is 4.26. The van der Waals surface area contributed by atoms with Crippen molar-refractivity contribution in [2.75, 3.05) is 12.4 Å². The molecule has 6 heteroatoms. The molecule has 0 aliphatic carbocycles. The molecule has 0 aromatic heterocycles. The van der Waals surface area contributed by atoms with Gasteiger partial charge in [0.25, 0.3) is 0 Å². The van der Waals surface area contributed by atoms with Crippen molar-refractivity contribution in [3.63, 3.8) is 0 Å². The molecule has 0 spiro atoms. The molecular weight excluding hydrogens is 360 g/mol. The fourth-order valence-corrected chi connectivity index (χ4v) is 2.77. The molecule has 0 atom stereocenters. The average molecular weight is 387 g/mol. The van der Waals surface area contributed by atoms with E-state index in [1.807, 2.05) is 62.4 Å². The number of nitrogens with one attached hydrogen (secondary N) is 3. The Kier molecular flexibility index (Phi) is 8.14. The van der Waals surface area contributed by atoms with Crippen LogP contribution in [-0.2, 0) is 17.9 Å². The molecule has 0 aliphatic rings. The van der Waals surface area contributed by atoms with Gasteiger partial charge in [0.05, 0.1) is 0 Å². The van der Waals surface area contributed by atoms with E-state index in [2.05, 4.69) is 20.9 Å². The zero-order valence-corrected chi connectivity index (χ0v) is 16.8. The number of benzene rings is 2. The molecule has 0 bridgehead atoms. The third kappa shape index (κ3) is 7.31. The van der Waals surface area contributed by atoms with Gasteiger partial charge in [0.1, 0.15) is 0 Å². The number of rotatable bonds is 7. The highest BCUT2D eigenvalue weighted by Gasteiger charge is 2.06. The van der Waals surface area contributed by atoms with E-state index in [1.54, 1.807) is 7.05 Å². The number of guanidine groups is 1. The van der Waals surface area contributed by atoms with Gasteiger partial charge in [-0.2, -0.15) is 0 Å². The first-order valence-electron chi connectivity index (χ1n) is 9.04. The number of amides is 1. The summed E-state index contributed by atoms with van der Waals surface area (Å²) in [5.41, 5.74) is 2.87. The van der Waals surface area contributed by atoms with Gasteiger partial charge in [-0.3, -0.25) is 9.79 Å². The molecule has 0 saturated heterocycles. The lowest BCUT2D eigenvalue weighted by Crippen LogP contribution is -2.36. The van der Waals surface area contributed by atoms with Crippen LogP contribution in [0.15, 0.2) is 53.5 Å². The Bertz CT molecular complexity index is 789. The molecule has 2 rings (SSSR count). The summed E-state index contributed by atoms with van der Waals surface area (Å²) in [6.07, 6.45) is 0.515. The molecule has 0 heterocycles. The van der Waals surface area contributed by atoms with E-state index in [1.165, 1.54) is 0 Å². The first-order chi connectivity index (χ1) is 13.0. The molecule has 144 valence electrons. The van der Waals surface area contributed by atoms with E-state index in [0.717, 1.165) is 21.8 Å². The SMILES string of the molecule is CN=C(NCc1cccc(NC(=O)CC(C)C)c1)NCc1ccccc1Cl. The Morgan fingerprint density at radius 2 is 1.81 bits per heavy atom. The number of carbonyl (C=O) groups excluding carboxylic acids is 1. The second-order valence-electron chi connectivity index (χ2n) is 6.72. The summed E-state index contributed by atoms with van der Waals surface area (Å²) in [5.74, 6) is 1.05. The minimum atomic E-state index is 0.0346. The summed E-state index contributed by atoms with van der Waals surface area (Å²) in [7, 11) is 1.73. The van der Waals surface area contributed by atoms with Gasteiger partial charge in [-0.25, -0.2) is 0 Å². The first kappa shape index (κ1) is 20.8. The summed E-state index contributed by atoms with van der Waals surface area (Å²) in [4.78, 5) is 16.2. The molecule has 0 saturated carbocycles. The van der Waals surface area contributed by atoms with Gasteiger partial charge in [-0.1, -0.05) is 55.8 Å². The van der Waals surface area contributed by atoms with E-state index in [0.29, 0.717) is 31.4 Å². The molecule has 5 nitrogen and oxygen atoms in total. The Hall–Kier alpha value is -2.53. The second-order valence-corrected chi connectivity index (χ2v) is 7.12. The highest BCUT2D eigenvalue weighted by Crippen LogP contribution is 2.14. The van der Waals surface area contributed by atoms with Crippen LogP contribution in [0.25, 0.3) is 0 Å². The number of anilines is 1. The topological polar surface area (TPSA) is 65.5 Å². The van der Waals surface area contributed by atoms with Gasteiger partial charge in [0.2, 0.25) is 5.91 Å². The van der Waals surface area contributed by atoms with Crippen molar-refractivity contribution in [3.05, 3.63) is 64.7 Å². The lowest BCUT2D eigenvalue weighted by molar-refractivity contribution is -0.116. The maximum absolute atomic E-state index is 11.9. The van der Waals surface area contributed by atoms with Crippen LogP contribution < -0.4 is 16.0 Å². The maximum Gasteiger partial charge on any atom is 0.224 e. The smallest absolute Gasteiger partial charge is 0.224 e. The quantitative estimate of drug-likeness (QED) is 0.493. The minimum Gasteiger partial charge on any atom is -0.352 e. The van der Waals surface area contributed by atoms with E-state index in [9.17, 15) is 4.79 Å². The average Bonchev–Trinajstić information content (AvgIpc) is 2.62. The molecular formula is C21H27ClN4O. The van der Waals surface area contributed by atoms with Gasteiger partial charge in [-0.05, 0) is 35.2 Å². The van der Waals surface area contributed by atoms with Gasteiger partial charge in [-0.15, -0.1) is 0 Å². The van der Waals surface area contributed by atoms with Crippen molar-refractivity contribution >= 4 is 29.2 Å². The standard InChI is InChI=1S/C21H27ClN4O/c1-15(2)11-20(27)26-18-9-6-7-16(12-18)13-24-21(23-3)25-14-17-8-4-5-10-19(17)22/h4-10,12,15H,11,13-14H2,1-3H3,(H,26,27)(H2,23,24,25). The molecule has 2 aromatic carbocycles. The third-order valence-electron chi connectivity index (χ3n) is 3.89. The van der Waals surface area contributed by atoms with Crippen LogP contribution in [0.4, 0.5) is 5.69 Å². The van der Waals surface area contributed by atoms with Crippen molar-refractivity contribution in [1.29, 1.82) is 0 Å². The lowest BCUT2D eigenvalue weighted by Gasteiger charge is -2.13. The van der Waals surface area contributed by atoms with Gasteiger partial charge < -0.3 is 16.0 Å². The van der Waals surface area contributed by atoms with Crippen LogP contribution >= 0.6 is 11.6 Å². The predicted molar refractivity (Wildman–Crippen MR) is 113 cm³/mol. The van der Waals surface area contributed by atoms with Gasteiger partial charge in [0.15, 0.2) is 5.96 Å². The molecule has 0 aliphatic heterocycles. The molecule has 0 fully saturated rings. The number of halogens is 1. The van der Waals surface area contributed by atoms with Crippen LogP contribution in [0.3, 0.4) is 0 Å². The molecule has 0 radical (unpaired) electrons. The molecule has 3 N–H and O–H groups in total. The van der Waals surface area contributed by atoms with Crippen molar-refractivity contribution in [2.45, 2.75) is 33.4 Å². The minimum absolute atomic E-state index is 0.0346. The molecule has 2 aromatic rings. The zero-order valence-electron chi connectivity index (χ0n) is 16.1. The molecule has 0 unspecified atom stereocenters. The fraction of sp³-hybridized carbons (Fsp3) is 0.333. The van der Waals surface area contributed by atoms with Crippen molar-refractivity contribution in [2.24, 2.45) is 10.9 Å². The highest BCUT2D eigenvalue weighted by atomic mass is 35.5. The Balaban J connectivity index is 1.88. The monoisotopic (exact) mass is 386 g/mol. The summed E-state index contributed by atoms with van der Waals surface area (Å²) in [6.45, 7) is 5.24. The Labute approximate surface area is 166 Å². The number of carbonyl (C=O) groups is 1. The summed E-state index contributed by atoms with van der Waals surface area (Å²) in [5, 5.41) is 10.2. The van der Waals surface area contributed by atoms with E-state index >= 15 is 0 Å². The molecule has 27 heavy (non-hydrogen) atoms. The number of hydrogen-bond acceptors (Lipinski definition) is 2. The van der Waals surface area contributed by atoms with Crippen LogP contribution in [0.5, 0.6) is 0 Å². The van der Waals surface area contributed by atoms with E-state index < -0.39 is 0 Å². The summed E-state index contributed by atoms with van der Waals surface area (Å²) < 4.78 is 0. The van der Waals surface area contributed by atoms with Crippen LogP contribution in [0.1, 0.15) is 31.4 Å². The number of nitrogens with zero attached hydrogens (tertiary/aromatic N) is 1. The highest BCUT2D eigenvalue weighted by molar-refractivity contribution is 6.31. The van der Waals surface area contributed by atoms with Crippen LogP contribution in [0.2, 0.25) is 5.02 Å². The largest absolute Gasteiger partial charge is 0.352 e. The lowest BCUT2D eigenvalue weighted by atomic mass is 10.1. The first-order valence-corrected chi connectivity index (χ1v) is 9.42. The summed E-state index contributed by atoms with van der Waals surface area (Å²) >= 11 is 6.18. The van der Waals surface area contributed by atoms with E-state index in [4.69, 9.17) is 11.6 Å². The Morgan fingerprint density at radius 1 is 1.07 bits per heavy atom. The van der Waals surface area contributed by atoms with Gasteiger partial charge in [0, 0.05) is 37.3 Å². The van der Waals surface area contributed by atoms with Crippen LogP contribution in [-0.4, -0.2) is 18.9 Å². The zero-order chi connectivity index (χ0) is 19.6. The van der Waals surface area contributed by atoms with E-state index in [-0.39, 0.29) is 5.91 Å². The summed E-state index contributed by atoms with van der Waals surface area (Å²) in [6, 6.07) is 15.5. The normalized spacial score (nSPS) is 11.4. The number of hydrogen-bond donors (Lipinski definition) is 3.